The Bertz CT molecular complexity index is 974. The molecule has 0 saturated heterocycles. The van der Waals surface area contributed by atoms with E-state index in [-0.39, 0.29) is 11.8 Å². The van der Waals surface area contributed by atoms with Gasteiger partial charge >= 0.3 is 0 Å². The number of anilines is 2. The second-order valence-corrected chi connectivity index (χ2v) is 6.51. The van der Waals surface area contributed by atoms with Gasteiger partial charge in [0.25, 0.3) is 0 Å². The summed E-state index contributed by atoms with van der Waals surface area (Å²) in [6, 6.07) is 15.2. The quantitative estimate of drug-likeness (QED) is 0.369. The number of hydrogen-bond acceptors (Lipinski definition) is 4. The van der Waals surface area contributed by atoms with Gasteiger partial charge < -0.3 is 9.97 Å². The van der Waals surface area contributed by atoms with Gasteiger partial charge in [-0.2, -0.15) is 0 Å². The number of carbonyl (C=O) groups is 2. The van der Waals surface area contributed by atoms with E-state index in [1.165, 1.54) is 0 Å². The highest BCUT2D eigenvalue weighted by molar-refractivity contribution is 5.92. The summed E-state index contributed by atoms with van der Waals surface area (Å²) in [5, 5.41) is 5.51. The second-order valence-electron chi connectivity index (χ2n) is 6.51. The summed E-state index contributed by atoms with van der Waals surface area (Å²) >= 11 is 0. The summed E-state index contributed by atoms with van der Waals surface area (Å²) in [5.41, 5.74) is 3.36. The fourth-order valence-electron chi connectivity index (χ4n) is 2.98. The molecule has 0 atom stereocenters. The molecule has 28 heavy (non-hydrogen) atoms. The minimum absolute atomic E-state index is 0.128. The number of nitrogens with one attached hydrogen (secondary N) is 4. The van der Waals surface area contributed by atoms with Crippen LogP contribution in [0.15, 0.2) is 48.5 Å². The van der Waals surface area contributed by atoms with E-state index >= 15 is 0 Å². The lowest BCUT2D eigenvalue weighted by atomic mass is 10.2. The van der Waals surface area contributed by atoms with Gasteiger partial charge in [0.05, 0.1) is 22.1 Å². The summed E-state index contributed by atoms with van der Waals surface area (Å²) in [5.74, 6) is 0.621. The van der Waals surface area contributed by atoms with Crippen molar-refractivity contribution in [2.24, 2.45) is 0 Å². The number of para-hydroxylation sites is 4. The first kappa shape index (κ1) is 17.7. The van der Waals surface area contributed by atoms with E-state index < -0.39 is 0 Å². The smallest absolute Gasteiger partial charge is 0.226 e. The molecule has 0 spiro atoms. The van der Waals surface area contributed by atoms with Crippen molar-refractivity contribution in [2.45, 2.75) is 25.7 Å². The van der Waals surface area contributed by atoms with Crippen LogP contribution in [0.25, 0.3) is 22.1 Å². The zero-order valence-electron chi connectivity index (χ0n) is 15.2. The van der Waals surface area contributed by atoms with Gasteiger partial charge in [0.1, 0.15) is 0 Å². The predicted octanol–water partition coefficient (Wildman–Crippen LogP) is 3.58. The summed E-state index contributed by atoms with van der Waals surface area (Å²) < 4.78 is 0. The Hall–Kier alpha value is -3.68. The van der Waals surface area contributed by atoms with Crippen LogP contribution in [0, 0.1) is 0 Å². The molecule has 4 rings (SSSR count). The van der Waals surface area contributed by atoms with Crippen LogP contribution in [0.4, 0.5) is 11.9 Å². The van der Waals surface area contributed by atoms with Crippen molar-refractivity contribution in [1.29, 1.82) is 0 Å². The molecule has 0 saturated carbocycles. The van der Waals surface area contributed by atoms with E-state index in [1.807, 2.05) is 48.5 Å². The molecular weight excluding hydrogens is 356 g/mol. The number of aromatic nitrogens is 4. The third-order valence-electron chi connectivity index (χ3n) is 4.35. The Labute approximate surface area is 160 Å². The predicted molar refractivity (Wildman–Crippen MR) is 108 cm³/mol. The molecule has 8 heteroatoms. The fraction of sp³-hybridized carbons (Fsp3) is 0.200. The van der Waals surface area contributed by atoms with Crippen LogP contribution in [0.5, 0.6) is 0 Å². The highest BCUT2D eigenvalue weighted by Gasteiger charge is 2.09. The lowest BCUT2D eigenvalue weighted by Crippen LogP contribution is -2.14. The number of H-pyrrole nitrogens is 2. The molecule has 4 N–H and O–H groups in total. The number of fused-ring (bicyclic) bond motifs is 2. The van der Waals surface area contributed by atoms with Gasteiger partial charge in [0.2, 0.25) is 23.7 Å². The van der Waals surface area contributed by atoms with E-state index in [9.17, 15) is 9.59 Å². The van der Waals surface area contributed by atoms with Crippen LogP contribution in [0.2, 0.25) is 0 Å². The van der Waals surface area contributed by atoms with Gasteiger partial charge in [-0.25, -0.2) is 9.97 Å². The Morgan fingerprint density at radius 1 is 0.714 bits per heavy atom. The Morgan fingerprint density at radius 2 is 1.14 bits per heavy atom. The number of hydrogen-bond donors (Lipinski definition) is 4. The van der Waals surface area contributed by atoms with Crippen molar-refractivity contribution in [2.75, 3.05) is 10.6 Å². The zero-order valence-corrected chi connectivity index (χ0v) is 15.2. The molecule has 4 aromatic rings. The van der Waals surface area contributed by atoms with Crippen LogP contribution in [0.3, 0.4) is 0 Å². The molecule has 0 bridgehead atoms. The van der Waals surface area contributed by atoms with Crippen LogP contribution in [-0.2, 0) is 9.59 Å². The molecule has 0 aliphatic carbocycles. The molecule has 142 valence electrons. The minimum Gasteiger partial charge on any atom is -0.324 e. The Morgan fingerprint density at radius 3 is 1.57 bits per heavy atom. The van der Waals surface area contributed by atoms with Gasteiger partial charge in [0, 0.05) is 12.8 Å². The molecule has 0 aliphatic rings. The lowest BCUT2D eigenvalue weighted by molar-refractivity contribution is -0.118. The second kappa shape index (κ2) is 7.91. The van der Waals surface area contributed by atoms with Gasteiger partial charge in [-0.15, -0.1) is 0 Å². The van der Waals surface area contributed by atoms with Gasteiger partial charge in [-0.05, 0) is 37.1 Å². The highest BCUT2D eigenvalue weighted by atomic mass is 16.2. The lowest BCUT2D eigenvalue weighted by Gasteiger charge is -2.03. The van der Waals surface area contributed by atoms with Crippen molar-refractivity contribution in [3.8, 4) is 0 Å². The number of aromatic amines is 2. The molecule has 0 fully saturated rings. The first-order chi connectivity index (χ1) is 13.7. The molecule has 2 amide bonds. The number of imidazole rings is 2. The molecular formula is C20H20N6O2. The molecule has 0 radical (unpaired) electrons. The molecule has 0 aliphatic heterocycles. The van der Waals surface area contributed by atoms with E-state index in [1.54, 1.807) is 0 Å². The summed E-state index contributed by atoms with van der Waals surface area (Å²) in [6.45, 7) is 0. The number of rotatable bonds is 7. The number of amides is 2. The maximum absolute atomic E-state index is 12.0. The van der Waals surface area contributed by atoms with E-state index in [4.69, 9.17) is 0 Å². The van der Waals surface area contributed by atoms with Crippen LogP contribution < -0.4 is 10.6 Å². The SMILES string of the molecule is O=C(CCCCC(=O)Nc1nc2ccccc2[nH]1)Nc1nc2ccccc2[nH]1. The van der Waals surface area contributed by atoms with Crippen LogP contribution in [0.1, 0.15) is 25.7 Å². The zero-order chi connectivity index (χ0) is 19.3. The van der Waals surface area contributed by atoms with Gasteiger partial charge in [0.15, 0.2) is 0 Å². The molecule has 0 unspecified atom stereocenters. The van der Waals surface area contributed by atoms with Gasteiger partial charge in [-0.3, -0.25) is 20.2 Å². The average molecular weight is 376 g/mol. The van der Waals surface area contributed by atoms with E-state index in [2.05, 4.69) is 30.6 Å². The average Bonchev–Trinajstić information content (AvgIpc) is 3.27. The molecule has 2 aromatic carbocycles. The van der Waals surface area contributed by atoms with Crippen LogP contribution in [-0.4, -0.2) is 31.8 Å². The van der Waals surface area contributed by atoms with Crippen molar-refractivity contribution in [3.05, 3.63) is 48.5 Å². The highest BCUT2D eigenvalue weighted by Crippen LogP contribution is 2.15. The Kier molecular flexibility index (Phi) is 5.01. The van der Waals surface area contributed by atoms with Crippen LogP contribution >= 0.6 is 0 Å². The van der Waals surface area contributed by atoms with Crippen molar-refractivity contribution >= 4 is 45.8 Å². The molecule has 2 heterocycles. The van der Waals surface area contributed by atoms with Gasteiger partial charge in [-0.1, -0.05) is 24.3 Å². The van der Waals surface area contributed by atoms with Crippen molar-refractivity contribution < 1.29 is 9.59 Å². The number of unbranched alkanes of at least 4 members (excludes halogenated alkanes) is 1. The normalized spacial score (nSPS) is 11.0. The summed E-state index contributed by atoms with van der Waals surface area (Å²) in [7, 11) is 0. The maximum Gasteiger partial charge on any atom is 0.226 e. The summed E-state index contributed by atoms with van der Waals surface area (Å²) in [6.07, 6.45) is 1.88. The number of nitrogens with zero attached hydrogens (tertiary/aromatic N) is 2. The Balaban J connectivity index is 1.19. The van der Waals surface area contributed by atoms with E-state index in [0.717, 1.165) is 22.1 Å². The summed E-state index contributed by atoms with van der Waals surface area (Å²) in [4.78, 5) is 38.8. The topological polar surface area (TPSA) is 116 Å². The maximum atomic E-state index is 12.0. The number of benzene rings is 2. The largest absolute Gasteiger partial charge is 0.324 e. The first-order valence-corrected chi connectivity index (χ1v) is 9.16. The molecule has 2 aromatic heterocycles. The fourth-order valence-corrected chi connectivity index (χ4v) is 2.98. The monoisotopic (exact) mass is 376 g/mol. The van der Waals surface area contributed by atoms with Crippen molar-refractivity contribution in [3.63, 3.8) is 0 Å². The third kappa shape index (κ3) is 4.17. The van der Waals surface area contributed by atoms with E-state index in [0.29, 0.717) is 37.6 Å². The van der Waals surface area contributed by atoms with Crippen molar-refractivity contribution in [1.82, 2.24) is 19.9 Å². The standard InChI is InChI=1S/C20H20N6O2/c27-17(25-19-21-13-7-1-2-8-14(13)22-19)11-5-6-12-18(28)26-20-23-15-9-3-4-10-16(15)24-20/h1-4,7-10H,5-6,11-12H2,(H2,21,22,25,27)(H2,23,24,26,28). The first-order valence-electron chi connectivity index (χ1n) is 9.16. The minimum atomic E-state index is -0.128. The third-order valence-corrected chi connectivity index (χ3v) is 4.35. The number of carbonyl (C=O) groups excluding carboxylic acids is 2. The molecule has 8 nitrogen and oxygen atoms in total.